The monoisotopic (exact) mass is 376 g/mol. The van der Waals surface area contributed by atoms with E-state index in [1.165, 1.54) is 11.8 Å². The van der Waals surface area contributed by atoms with Crippen molar-refractivity contribution in [3.8, 4) is 28.8 Å². The number of hydrogen-bond donors (Lipinski definition) is 1. The third-order valence-corrected chi connectivity index (χ3v) is 4.67. The van der Waals surface area contributed by atoms with Crippen LogP contribution in [0.25, 0.3) is 11.3 Å². The lowest BCUT2D eigenvalue weighted by Gasteiger charge is -2.10. The molecule has 134 valence electrons. The largest absolute Gasteiger partial charge is 0.454 e. The van der Waals surface area contributed by atoms with Crippen LogP contribution >= 0.6 is 11.8 Å². The summed E-state index contributed by atoms with van der Waals surface area (Å²) in [4.78, 5) is 9.09. The molecule has 0 amide bonds. The second-order valence-corrected chi connectivity index (χ2v) is 6.72. The summed E-state index contributed by atoms with van der Waals surface area (Å²) in [6.45, 7) is 0.849. The smallest absolute Gasteiger partial charge is 0.231 e. The SMILES string of the molecule is N#CCSc1nc(NCc2ccc3c(c2)OCO3)cc(-c2ccccc2)n1. The highest BCUT2D eigenvalue weighted by Crippen LogP contribution is 2.32. The van der Waals surface area contributed by atoms with E-state index in [4.69, 9.17) is 14.7 Å². The van der Waals surface area contributed by atoms with E-state index in [2.05, 4.69) is 21.4 Å². The van der Waals surface area contributed by atoms with Gasteiger partial charge in [-0.25, -0.2) is 9.97 Å². The van der Waals surface area contributed by atoms with Gasteiger partial charge in [0, 0.05) is 18.2 Å². The Balaban J connectivity index is 1.56. The van der Waals surface area contributed by atoms with Crippen molar-refractivity contribution in [3.05, 3.63) is 60.2 Å². The molecule has 27 heavy (non-hydrogen) atoms. The molecule has 1 N–H and O–H groups in total. The molecule has 2 heterocycles. The van der Waals surface area contributed by atoms with Crippen molar-refractivity contribution in [3.63, 3.8) is 0 Å². The number of fused-ring (bicyclic) bond motifs is 1. The standard InChI is InChI=1S/C20H16N4O2S/c21-8-9-27-20-23-16(15-4-2-1-3-5-15)11-19(24-20)22-12-14-6-7-17-18(10-14)26-13-25-17/h1-7,10-11H,9,12-13H2,(H,22,23,24). The highest BCUT2D eigenvalue weighted by molar-refractivity contribution is 7.99. The van der Waals surface area contributed by atoms with Gasteiger partial charge < -0.3 is 14.8 Å². The van der Waals surface area contributed by atoms with E-state index in [-0.39, 0.29) is 6.79 Å². The molecule has 4 rings (SSSR count). The Morgan fingerprint density at radius 1 is 1.04 bits per heavy atom. The molecule has 1 aliphatic rings. The molecule has 0 bridgehead atoms. The van der Waals surface area contributed by atoms with Crippen LogP contribution in [0.2, 0.25) is 0 Å². The second-order valence-electron chi connectivity index (χ2n) is 5.77. The number of nitrogens with zero attached hydrogens (tertiary/aromatic N) is 3. The topological polar surface area (TPSA) is 80.1 Å². The van der Waals surface area contributed by atoms with Gasteiger partial charge >= 0.3 is 0 Å². The molecule has 3 aromatic rings. The number of hydrogen-bond acceptors (Lipinski definition) is 7. The average molecular weight is 376 g/mol. The predicted molar refractivity (Wildman–Crippen MR) is 104 cm³/mol. The molecule has 0 radical (unpaired) electrons. The summed E-state index contributed by atoms with van der Waals surface area (Å²) >= 11 is 1.32. The Morgan fingerprint density at radius 2 is 1.89 bits per heavy atom. The Morgan fingerprint density at radius 3 is 2.74 bits per heavy atom. The fourth-order valence-corrected chi connectivity index (χ4v) is 3.20. The zero-order valence-corrected chi connectivity index (χ0v) is 15.2. The van der Waals surface area contributed by atoms with E-state index in [9.17, 15) is 0 Å². The number of rotatable bonds is 6. The van der Waals surface area contributed by atoms with Crippen LogP contribution in [-0.2, 0) is 6.54 Å². The molecule has 0 saturated heterocycles. The van der Waals surface area contributed by atoms with Crippen molar-refractivity contribution >= 4 is 17.6 Å². The molecular weight excluding hydrogens is 360 g/mol. The van der Waals surface area contributed by atoms with Crippen LogP contribution in [0.15, 0.2) is 59.8 Å². The Hall–Kier alpha value is -3.24. The van der Waals surface area contributed by atoms with E-state index in [1.807, 2.05) is 54.6 Å². The Bertz CT molecular complexity index is 989. The van der Waals surface area contributed by atoms with E-state index in [0.29, 0.717) is 23.3 Å². The van der Waals surface area contributed by atoms with Gasteiger partial charge in [0.05, 0.1) is 17.5 Å². The first-order chi connectivity index (χ1) is 13.3. The minimum absolute atomic E-state index is 0.262. The zero-order valence-electron chi connectivity index (χ0n) is 14.4. The lowest BCUT2D eigenvalue weighted by Crippen LogP contribution is -2.04. The summed E-state index contributed by atoms with van der Waals surface area (Å²) in [7, 11) is 0. The van der Waals surface area contributed by atoms with Crippen molar-refractivity contribution in [1.29, 1.82) is 5.26 Å². The molecule has 0 fully saturated rings. The van der Waals surface area contributed by atoms with Crippen LogP contribution in [0, 0.1) is 11.3 Å². The molecule has 6 nitrogen and oxygen atoms in total. The highest BCUT2D eigenvalue weighted by Gasteiger charge is 2.13. The molecule has 1 aliphatic heterocycles. The van der Waals surface area contributed by atoms with E-state index in [1.54, 1.807) is 0 Å². The predicted octanol–water partition coefficient (Wildman–Crippen LogP) is 4.10. The molecule has 1 aromatic heterocycles. The third kappa shape index (κ3) is 4.13. The second kappa shape index (κ2) is 7.98. The summed E-state index contributed by atoms with van der Waals surface area (Å²) in [5.74, 6) is 2.54. The van der Waals surface area contributed by atoms with E-state index in [0.717, 1.165) is 28.3 Å². The minimum Gasteiger partial charge on any atom is -0.454 e. The number of anilines is 1. The molecule has 0 spiro atoms. The summed E-state index contributed by atoms with van der Waals surface area (Å²) in [6, 6.07) is 19.8. The normalized spacial score (nSPS) is 11.8. The maximum Gasteiger partial charge on any atom is 0.231 e. The van der Waals surface area contributed by atoms with Crippen LogP contribution < -0.4 is 14.8 Å². The zero-order chi connectivity index (χ0) is 18.5. The van der Waals surface area contributed by atoms with Crippen LogP contribution in [0.1, 0.15) is 5.56 Å². The van der Waals surface area contributed by atoms with Gasteiger partial charge in [-0.3, -0.25) is 0 Å². The number of thioether (sulfide) groups is 1. The minimum atomic E-state index is 0.262. The number of nitriles is 1. The summed E-state index contributed by atoms with van der Waals surface area (Å²) < 4.78 is 10.8. The molecule has 2 aromatic carbocycles. The number of aromatic nitrogens is 2. The fourth-order valence-electron chi connectivity index (χ4n) is 2.68. The van der Waals surface area contributed by atoms with Gasteiger partial charge in [0.1, 0.15) is 5.82 Å². The Kier molecular flexibility index (Phi) is 5.08. The van der Waals surface area contributed by atoms with Crippen LogP contribution in [0.3, 0.4) is 0 Å². The summed E-state index contributed by atoms with van der Waals surface area (Å²) in [5.41, 5.74) is 2.88. The van der Waals surface area contributed by atoms with Crippen LogP contribution in [-0.4, -0.2) is 22.5 Å². The van der Waals surface area contributed by atoms with Crippen molar-refractivity contribution in [1.82, 2.24) is 9.97 Å². The van der Waals surface area contributed by atoms with Crippen molar-refractivity contribution in [2.75, 3.05) is 17.9 Å². The molecular formula is C20H16N4O2S. The first-order valence-corrected chi connectivity index (χ1v) is 9.37. The lowest BCUT2D eigenvalue weighted by atomic mass is 10.1. The number of nitrogens with one attached hydrogen (secondary N) is 1. The quantitative estimate of drug-likeness (QED) is 0.512. The summed E-state index contributed by atoms with van der Waals surface area (Å²) in [5, 5.41) is 12.8. The van der Waals surface area contributed by atoms with Crippen LogP contribution in [0.4, 0.5) is 5.82 Å². The lowest BCUT2D eigenvalue weighted by molar-refractivity contribution is 0.174. The maximum absolute atomic E-state index is 8.85. The Labute approximate surface area is 161 Å². The van der Waals surface area contributed by atoms with Gasteiger partial charge in [-0.05, 0) is 17.7 Å². The number of benzene rings is 2. The van der Waals surface area contributed by atoms with Gasteiger partial charge in [-0.15, -0.1) is 0 Å². The van der Waals surface area contributed by atoms with Crippen LogP contribution in [0.5, 0.6) is 11.5 Å². The average Bonchev–Trinajstić information content (AvgIpc) is 3.19. The maximum atomic E-state index is 8.85. The molecule has 0 unspecified atom stereocenters. The number of ether oxygens (including phenoxy) is 2. The fraction of sp³-hybridized carbons (Fsp3) is 0.150. The van der Waals surface area contributed by atoms with Crippen molar-refractivity contribution in [2.24, 2.45) is 0 Å². The third-order valence-electron chi connectivity index (χ3n) is 3.95. The molecule has 0 saturated carbocycles. The van der Waals surface area contributed by atoms with Gasteiger partial charge in [-0.1, -0.05) is 48.2 Å². The first-order valence-electron chi connectivity index (χ1n) is 8.38. The van der Waals surface area contributed by atoms with Gasteiger partial charge in [0.2, 0.25) is 6.79 Å². The van der Waals surface area contributed by atoms with Gasteiger partial charge in [-0.2, -0.15) is 5.26 Å². The van der Waals surface area contributed by atoms with Crippen molar-refractivity contribution in [2.45, 2.75) is 11.7 Å². The highest BCUT2D eigenvalue weighted by atomic mass is 32.2. The molecule has 0 aliphatic carbocycles. The first kappa shape index (κ1) is 17.2. The summed E-state index contributed by atoms with van der Waals surface area (Å²) in [6.07, 6.45) is 0. The van der Waals surface area contributed by atoms with E-state index >= 15 is 0 Å². The van der Waals surface area contributed by atoms with E-state index < -0.39 is 0 Å². The van der Waals surface area contributed by atoms with Gasteiger partial charge in [0.15, 0.2) is 16.7 Å². The van der Waals surface area contributed by atoms with Gasteiger partial charge in [0.25, 0.3) is 0 Å². The molecule has 0 atom stereocenters. The van der Waals surface area contributed by atoms with Crippen molar-refractivity contribution < 1.29 is 9.47 Å². The molecule has 7 heteroatoms.